The molecule has 2 aromatic rings. The number of nitrogens with zero attached hydrogens (tertiary/aromatic N) is 1. The molecule has 0 fully saturated rings. The molecule has 0 atom stereocenters. The van der Waals surface area contributed by atoms with E-state index in [0.717, 1.165) is 47.6 Å². The van der Waals surface area contributed by atoms with E-state index in [1.165, 1.54) is 10.9 Å². The van der Waals surface area contributed by atoms with E-state index in [0.29, 0.717) is 0 Å². The lowest BCUT2D eigenvalue weighted by molar-refractivity contribution is 0.734. The normalized spacial score (nSPS) is 11.1. The summed E-state index contributed by atoms with van der Waals surface area (Å²) in [4.78, 5) is 4.74. The van der Waals surface area contributed by atoms with Crippen LogP contribution in [0.1, 0.15) is 29.7 Å². The molecule has 0 saturated carbocycles. The summed E-state index contributed by atoms with van der Waals surface area (Å²) in [7, 11) is 0. The molecular weight excluding hydrogens is 244 g/mol. The largest absolute Gasteiger partial charge is 0.330 e. The summed E-state index contributed by atoms with van der Waals surface area (Å²) in [6.45, 7) is 4.90. The Balaban J connectivity index is 2.43. The van der Waals surface area contributed by atoms with Crippen LogP contribution in [-0.2, 0) is 6.42 Å². The van der Waals surface area contributed by atoms with Crippen molar-refractivity contribution >= 4 is 22.5 Å². The molecule has 2 N–H and O–H groups in total. The second-order valence-electron chi connectivity index (χ2n) is 4.74. The van der Waals surface area contributed by atoms with Gasteiger partial charge in [0.25, 0.3) is 0 Å². The van der Waals surface area contributed by atoms with Gasteiger partial charge in [-0.2, -0.15) is 0 Å². The zero-order valence-corrected chi connectivity index (χ0v) is 11.7. The predicted octanol–water partition coefficient (Wildman–Crippen LogP) is 3.79. The maximum absolute atomic E-state index is 6.16. The maximum atomic E-state index is 6.16. The molecule has 0 spiro atoms. The van der Waals surface area contributed by atoms with E-state index in [9.17, 15) is 0 Å². The number of unbranched alkanes of at least 4 members (excludes halogenated alkanes) is 1. The van der Waals surface area contributed by atoms with E-state index in [2.05, 4.69) is 19.1 Å². The number of hydrogen-bond acceptors (Lipinski definition) is 2. The number of hydrogen-bond donors (Lipinski definition) is 1. The lowest BCUT2D eigenvalue weighted by Crippen LogP contribution is -2.00. The van der Waals surface area contributed by atoms with Crippen molar-refractivity contribution in [1.29, 1.82) is 0 Å². The predicted molar refractivity (Wildman–Crippen MR) is 78.2 cm³/mol. The van der Waals surface area contributed by atoms with Crippen molar-refractivity contribution in [2.24, 2.45) is 5.73 Å². The molecule has 0 aliphatic rings. The first kappa shape index (κ1) is 13.3. The van der Waals surface area contributed by atoms with Crippen LogP contribution >= 0.6 is 11.6 Å². The van der Waals surface area contributed by atoms with Gasteiger partial charge < -0.3 is 5.73 Å². The van der Waals surface area contributed by atoms with Crippen molar-refractivity contribution in [3.05, 3.63) is 40.0 Å². The number of pyridine rings is 1. The molecular formula is C15H19ClN2. The van der Waals surface area contributed by atoms with Crippen LogP contribution in [0.15, 0.2) is 18.2 Å². The summed E-state index contributed by atoms with van der Waals surface area (Å²) in [6, 6.07) is 6.17. The molecule has 0 radical (unpaired) electrons. The number of halogens is 1. The fourth-order valence-electron chi connectivity index (χ4n) is 2.22. The summed E-state index contributed by atoms with van der Waals surface area (Å²) in [5.41, 5.74) is 10.0. The van der Waals surface area contributed by atoms with Crippen molar-refractivity contribution in [2.45, 2.75) is 33.1 Å². The van der Waals surface area contributed by atoms with E-state index in [4.69, 9.17) is 22.3 Å². The first-order valence-electron chi connectivity index (χ1n) is 6.39. The van der Waals surface area contributed by atoms with Crippen LogP contribution in [0.2, 0.25) is 5.02 Å². The maximum Gasteiger partial charge on any atom is 0.0751 e. The average Bonchev–Trinajstić information content (AvgIpc) is 2.35. The summed E-state index contributed by atoms with van der Waals surface area (Å²) >= 11 is 6.16. The van der Waals surface area contributed by atoms with Gasteiger partial charge in [0.05, 0.1) is 5.52 Å². The Kier molecular flexibility index (Phi) is 4.20. The number of aryl methyl sites for hydroxylation is 3. The van der Waals surface area contributed by atoms with Crippen LogP contribution in [0.4, 0.5) is 0 Å². The van der Waals surface area contributed by atoms with Crippen LogP contribution in [0, 0.1) is 13.8 Å². The molecule has 96 valence electrons. The molecule has 18 heavy (non-hydrogen) atoms. The van der Waals surface area contributed by atoms with Gasteiger partial charge in [0.2, 0.25) is 0 Å². The first-order valence-corrected chi connectivity index (χ1v) is 6.76. The van der Waals surface area contributed by atoms with Crippen molar-refractivity contribution < 1.29 is 0 Å². The third-order valence-corrected chi connectivity index (χ3v) is 3.72. The topological polar surface area (TPSA) is 38.9 Å². The Bertz CT molecular complexity index is 564. The molecule has 3 heteroatoms. The minimum atomic E-state index is 0.747. The van der Waals surface area contributed by atoms with Crippen molar-refractivity contribution in [3.8, 4) is 0 Å². The standard InChI is InChI=1S/C15H19ClN2/c1-10-9-12(5-3-4-8-17)18-15-11(2)14(16)7-6-13(10)15/h6-7,9H,3-5,8,17H2,1-2H3. The molecule has 0 aliphatic carbocycles. The minimum absolute atomic E-state index is 0.747. The molecule has 1 aromatic heterocycles. The highest BCUT2D eigenvalue weighted by Gasteiger charge is 2.07. The first-order chi connectivity index (χ1) is 8.63. The summed E-state index contributed by atoms with van der Waals surface area (Å²) in [5.74, 6) is 0. The monoisotopic (exact) mass is 262 g/mol. The number of rotatable bonds is 4. The minimum Gasteiger partial charge on any atom is -0.330 e. The summed E-state index contributed by atoms with van der Waals surface area (Å²) in [6.07, 6.45) is 3.13. The lowest BCUT2D eigenvalue weighted by Gasteiger charge is -2.09. The van der Waals surface area contributed by atoms with Gasteiger partial charge in [-0.1, -0.05) is 17.7 Å². The Morgan fingerprint density at radius 1 is 1.22 bits per heavy atom. The average molecular weight is 263 g/mol. The van der Waals surface area contributed by atoms with Gasteiger partial charge in [-0.3, -0.25) is 4.98 Å². The Hall–Kier alpha value is -1.12. The van der Waals surface area contributed by atoms with E-state index in [1.54, 1.807) is 0 Å². The molecule has 1 heterocycles. The van der Waals surface area contributed by atoms with Gasteiger partial charge in [-0.05, 0) is 62.9 Å². The molecule has 0 amide bonds. The molecule has 2 nitrogen and oxygen atoms in total. The molecule has 0 bridgehead atoms. The highest BCUT2D eigenvalue weighted by molar-refractivity contribution is 6.32. The van der Waals surface area contributed by atoms with Crippen LogP contribution < -0.4 is 5.73 Å². The fourth-order valence-corrected chi connectivity index (χ4v) is 2.37. The van der Waals surface area contributed by atoms with Gasteiger partial charge in [-0.25, -0.2) is 0 Å². The van der Waals surface area contributed by atoms with Gasteiger partial charge in [0, 0.05) is 16.1 Å². The Morgan fingerprint density at radius 3 is 2.72 bits per heavy atom. The Labute approximate surface area is 113 Å². The van der Waals surface area contributed by atoms with E-state index in [-0.39, 0.29) is 0 Å². The molecule has 0 aliphatic heterocycles. The molecule has 1 aromatic carbocycles. The van der Waals surface area contributed by atoms with Gasteiger partial charge >= 0.3 is 0 Å². The summed E-state index contributed by atoms with van der Waals surface area (Å²) in [5, 5.41) is 1.98. The fraction of sp³-hybridized carbons (Fsp3) is 0.400. The number of fused-ring (bicyclic) bond motifs is 1. The second-order valence-corrected chi connectivity index (χ2v) is 5.15. The van der Waals surface area contributed by atoms with Crippen LogP contribution in [0.5, 0.6) is 0 Å². The molecule has 0 saturated heterocycles. The molecule has 0 unspecified atom stereocenters. The zero-order chi connectivity index (χ0) is 13.1. The zero-order valence-electron chi connectivity index (χ0n) is 11.0. The van der Waals surface area contributed by atoms with Gasteiger partial charge in [0.1, 0.15) is 0 Å². The van der Waals surface area contributed by atoms with Crippen LogP contribution in [0.3, 0.4) is 0 Å². The third kappa shape index (κ3) is 2.65. The smallest absolute Gasteiger partial charge is 0.0751 e. The van der Waals surface area contributed by atoms with Gasteiger partial charge in [0.15, 0.2) is 0 Å². The van der Waals surface area contributed by atoms with Crippen LogP contribution in [0.25, 0.3) is 10.9 Å². The third-order valence-electron chi connectivity index (χ3n) is 3.32. The van der Waals surface area contributed by atoms with Crippen molar-refractivity contribution in [3.63, 3.8) is 0 Å². The van der Waals surface area contributed by atoms with E-state index >= 15 is 0 Å². The Morgan fingerprint density at radius 2 is 2.00 bits per heavy atom. The number of aromatic nitrogens is 1. The van der Waals surface area contributed by atoms with E-state index < -0.39 is 0 Å². The number of benzene rings is 1. The lowest BCUT2D eigenvalue weighted by atomic mass is 10.0. The van der Waals surface area contributed by atoms with E-state index in [1.807, 2.05) is 13.0 Å². The van der Waals surface area contributed by atoms with Crippen LogP contribution in [-0.4, -0.2) is 11.5 Å². The quantitative estimate of drug-likeness (QED) is 0.852. The SMILES string of the molecule is Cc1cc(CCCCN)nc2c(C)c(Cl)ccc12. The number of nitrogens with two attached hydrogens (primary N) is 1. The highest BCUT2D eigenvalue weighted by atomic mass is 35.5. The summed E-state index contributed by atoms with van der Waals surface area (Å²) < 4.78 is 0. The highest BCUT2D eigenvalue weighted by Crippen LogP contribution is 2.26. The van der Waals surface area contributed by atoms with Crippen molar-refractivity contribution in [2.75, 3.05) is 6.54 Å². The van der Waals surface area contributed by atoms with Crippen molar-refractivity contribution in [1.82, 2.24) is 4.98 Å². The molecule has 2 rings (SSSR count). The van der Waals surface area contributed by atoms with Gasteiger partial charge in [-0.15, -0.1) is 0 Å². The second kappa shape index (κ2) is 5.68.